The first-order valence-corrected chi connectivity index (χ1v) is 5.26. The normalized spacial score (nSPS) is 12.6. The van der Waals surface area contributed by atoms with E-state index in [2.05, 4.69) is 25.2 Å². The zero-order chi connectivity index (χ0) is 10.8. The van der Waals surface area contributed by atoms with Gasteiger partial charge in [0.05, 0.1) is 6.61 Å². The van der Waals surface area contributed by atoms with Crippen molar-refractivity contribution < 1.29 is 4.74 Å². The highest BCUT2D eigenvalue weighted by molar-refractivity contribution is 4.94. The Balaban J connectivity index is 3.66. The Labute approximate surface area is 87.7 Å². The molecule has 0 aromatic heterocycles. The zero-order valence-electron chi connectivity index (χ0n) is 9.68. The molecule has 0 bridgehead atoms. The molecule has 0 rings (SSSR count). The van der Waals surface area contributed by atoms with Crippen LogP contribution in [-0.2, 0) is 4.74 Å². The van der Waals surface area contributed by atoms with Crippen LogP contribution in [0.1, 0.15) is 26.7 Å². The summed E-state index contributed by atoms with van der Waals surface area (Å²) in [6.45, 7) is 6.64. The first-order valence-electron chi connectivity index (χ1n) is 5.26. The maximum absolute atomic E-state index is 5.47. The number of methoxy groups -OCH3 is 1. The monoisotopic (exact) mass is 200 g/mol. The number of nitrogens with one attached hydrogen (secondary N) is 1. The first kappa shape index (κ1) is 13.6. The first-order chi connectivity index (χ1) is 6.70. The van der Waals surface area contributed by atoms with Crippen molar-refractivity contribution in [2.75, 3.05) is 26.8 Å². The van der Waals surface area contributed by atoms with Crippen molar-refractivity contribution in [3.05, 3.63) is 11.6 Å². The lowest BCUT2D eigenvalue weighted by Crippen LogP contribution is -2.33. The second kappa shape index (κ2) is 9.19. The van der Waals surface area contributed by atoms with Gasteiger partial charge in [0.1, 0.15) is 0 Å². The number of hydrogen-bond donors (Lipinski definition) is 2. The second-order valence-corrected chi connectivity index (χ2v) is 3.77. The van der Waals surface area contributed by atoms with Crippen molar-refractivity contribution in [1.29, 1.82) is 0 Å². The smallest absolute Gasteiger partial charge is 0.0615 e. The van der Waals surface area contributed by atoms with Crippen molar-refractivity contribution in [3.8, 4) is 0 Å². The predicted octanol–water partition coefficient (Wildman–Crippen LogP) is 1.30. The molecule has 3 nitrogen and oxygen atoms in total. The Hall–Kier alpha value is -0.380. The molecule has 3 N–H and O–H groups in total. The topological polar surface area (TPSA) is 47.3 Å². The van der Waals surface area contributed by atoms with Crippen molar-refractivity contribution in [2.45, 2.75) is 32.7 Å². The lowest BCUT2D eigenvalue weighted by molar-refractivity contribution is 0.163. The molecule has 0 aromatic rings. The Kier molecular flexibility index (Phi) is 8.94. The van der Waals surface area contributed by atoms with E-state index in [1.54, 1.807) is 7.11 Å². The van der Waals surface area contributed by atoms with Gasteiger partial charge in [-0.25, -0.2) is 0 Å². The second-order valence-electron chi connectivity index (χ2n) is 3.77. The lowest BCUT2D eigenvalue weighted by Gasteiger charge is -2.16. The zero-order valence-corrected chi connectivity index (χ0v) is 9.68. The molecule has 0 saturated carbocycles. The van der Waals surface area contributed by atoms with Gasteiger partial charge in [-0.2, -0.15) is 0 Å². The van der Waals surface area contributed by atoms with E-state index in [4.69, 9.17) is 10.5 Å². The summed E-state index contributed by atoms with van der Waals surface area (Å²) in [5, 5.41) is 3.43. The molecule has 0 radical (unpaired) electrons. The maximum Gasteiger partial charge on any atom is 0.0615 e. The number of ether oxygens (including phenoxy) is 1. The number of allylic oxidation sites excluding steroid dienone is 1. The van der Waals surface area contributed by atoms with Gasteiger partial charge in [-0.1, -0.05) is 11.6 Å². The fraction of sp³-hybridized carbons (Fsp3) is 0.818. The third-order valence-electron chi connectivity index (χ3n) is 2.04. The van der Waals surface area contributed by atoms with Crippen molar-refractivity contribution >= 4 is 0 Å². The van der Waals surface area contributed by atoms with Crippen molar-refractivity contribution in [2.24, 2.45) is 5.73 Å². The SMILES string of the molecule is COCC(CCCN)NCC=C(C)C. The molecular formula is C11H24N2O. The fourth-order valence-electron chi connectivity index (χ4n) is 1.24. The van der Waals surface area contributed by atoms with E-state index in [0.717, 1.165) is 32.5 Å². The summed E-state index contributed by atoms with van der Waals surface area (Å²) < 4.78 is 5.13. The van der Waals surface area contributed by atoms with Gasteiger partial charge in [0.15, 0.2) is 0 Å². The van der Waals surface area contributed by atoms with E-state index in [0.29, 0.717) is 6.04 Å². The summed E-state index contributed by atoms with van der Waals surface area (Å²) in [4.78, 5) is 0. The average molecular weight is 200 g/mol. The molecular weight excluding hydrogens is 176 g/mol. The van der Waals surface area contributed by atoms with Gasteiger partial charge in [0, 0.05) is 19.7 Å². The van der Waals surface area contributed by atoms with E-state index in [1.165, 1.54) is 5.57 Å². The largest absolute Gasteiger partial charge is 0.383 e. The third kappa shape index (κ3) is 8.23. The van der Waals surface area contributed by atoms with E-state index in [-0.39, 0.29) is 0 Å². The number of rotatable bonds is 8. The Morgan fingerprint density at radius 1 is 1.50 bits per heavy atom. The van der Waals surface area contributed by atoms with Gasteiger partial charge in [0.2, 0.25) is 0 Å². The van der Waals surface area contributed by atoms with E-state index in [9.17, 15) is 0 Å². The van der Waals surface area contributed by atoms with Crippen molar-refractivity contribution in [1.82, 2.24) is 5.32 Å². The van der Waals surface area contributed by atoms with E-state index in [1.807, 2.05) is 0 Å². The minimum absolute atomic E-state index is 0.430. The lowest BCUT2D eigenvalue weighted by atomic mass is 10.1. The van der Waals surface area contributed by atoms with Crippen LogP contribution in [0.3, 0.4) is 0 Å². The molecule has 1 atom stereocenters. The molecule has 0 aromatic carbocycles. The minimum atomic E-state index is 0.430. The molecule has 3 heteroatoms. The molecule has 0 aliphatic heterocycles. The van der Waals surface area contributed by atoms with Gasteiger partial charge in [-0.15, -0.1) is 0 Å². The highest BCUT2D eigenvalue weighted by atomic mass is 16.5. The summed E-state index contributed by atoms with van der Waals surface area (Å²) >= 11 is 0. The van der Waals surface area contributed by atoms with Crippen LogP contribution in [0.5, 0.6) is 0 Å². The Bertz CT molecular complexity index is 153. The third-order valence-corrected chi connectivity index (χ3v) is 2.04. The predicted molar refractivity (Wildman–Crippen MR) is 61.4 cm³/mol. The van der Waals surface area contributed by atoms with E-state index < -0.39 is 0 Å². The summed E-state index contributed by atoms with van der Waals surface area (Å²) in [6, 6.07) is 0.430. The van der Waals surface area contributed by atoms with Crippen molar-refractivity contribution in [3.63, 3.8) is 0 Å². The van der Waals surface area contributed by atoms with Gasteiger partial charge in [-0.05, 0) is 33.2 Å². The van der Waals surface area contributed by atoms with E-state index >= 15 is 0 Å². The summed E-state index contributed by atoms with van der Waals surface area (Å²) in [6.07, 6.45) is 4.32. The molecule has 0 spiro atoms. The molecule has 0 fully saturated rings. The summed E-state index contributed by atoms with van der Waals surface area (Å²) in [5.74, 6) is 0. The average Bonchev–Trinajstić information content (AvgIpc) is 2.13. The number of hydrogen-bond acceptors (Lipinski definition) is 3. The highest BCUT2D eigenvalue weighted by Crippen LogP contribution is 1.97. The van der Waals surface area contributed by atoms with Crippen LogP contribution in [-0.4, -0.2) is 32.8 Å². The molecule has 0 aliphatic rings. The molecule has 0 aliphatic carbocycles. The molecule has 84 valence electrons. The molecule has 14 heavy (non-hydrogen) atoms. The van der Waals surface area contributed by atoms with Crippen LogP contribution in [0.4, 0.5) is 0 Å². The Morgan fingerprint density at radius 3 is 2.71 bits per heavy atom. The van der Waals surface area contributed by atoms with Gasteiger partial charge >= 0.3 is 0 Å². The Morgan fingerprint density at radius 2 is 2.21 bits per heavy atom. The van der Waals surface area contributed by atoms with Gasteiger partial charge < -0.3 is 15.8 Å². The summed E-state index contributed by atoms with van der Waals surface area (Å²) in [7, 11) is 1.73. The maximum atomic E-state index is 5.47. The molecule has 1 unspecified atom stereocenters. The number of nitrogens with two attached hydrogens (primary N) is 1. The van der Waals surface area contributed by atoms with Crippen LogP contribution in [0.2, 0.25) is 0 Å². The quantitative estimate of drug-likeness (QED) is 0.581. The van der Waals surface area contributed by atoms with Crippen LogP contribution in [0, 0.1) is 0 Å². The fourth-order valence-corrected chi connectivity index (χ4v) is 1.24. The van der Waals surface area contributed by atoms with Crippen LogP contribution < -0.4 is 11.1 Å². The molecule has 0 amide bonds. The standard InChI is InChI=1S/C11H24N2O/c1-10(2)6-8-13-11(9-14-3)5-4-7-12/h6,11,13H,4-5,7-9,12H2,1-3H3. The highest BCUT2D eigenvalue weighted by Gasteiger charge is 2.05. The van der Waals surface area contributed by atoms with Crippen LogP contribution in [0.25, 0.3) is 0 Å². The van der Waals surface area contributed by atoms with Crippen LogP contribution >= 0.6 is 0 Å². The van der Waals surface area contributed by atoms with Gasteiger partial charge in [-0.3, -0.25) is 0 Å². The summed E-state index contributed by atoms with van der Waals surface area (Å²) in [5.41, 5.74) is 6.81. The van der Waals surface area contributed by atoms with Gasteiger partial charge in [0.25, 0.3) is 0 Å². The molecule has 0 heterocycles. The molecule has 0 saturated heterocycles. The minimum Gasteiger partial charge on any atom is -0.383 e. The van der Waals surface area contributed by atoms with Crippen LogP contribution in [0.15, 0.2) is 11.6 Å².